The number of aromatic nitrogens is 5. The third-order valence-corrected chi connectivity index (χ3v) is 3.85. The van der Waals surface area contributed by atoms with E-state index in [1.807, 2.05) is 14.0 Å². The number of hydrogen-bond acceptors (Lipinski definition) is 5. The molecular weight excluding hydrogens is 254 g/mol. The molecule has 2 aromatic rings. The lowest BCUT2D eigenvalue weighted by Crippen LogP contribution is -2.39. The lowest BCUT2D eigenvalue weighted by molar-refractivity contribution is 0.399. The van der Waals surface area contributed by atoms with E-state index in [1.165, 1.54) is 12.8 Å². The first kappa shape index (κ1) is 13.1. The van der Waals surface area contributed by atoms with Gasteiger partial charge >= 0.3 is 0 Å². The maximum atomic E-state index is 4.61. The number of H-pyrrole nitrogens is 2. The van der Waals surface area contributed by atoms with Gasteiger partial charge in [0.2, 0.25) is 5.95 Å². The third-order valence-electron chi connectivity index (χ3n) is 3.85. The Hall–Kier alpha value is -1.89. The highest BCUT2D eigenvalue weighted by molar-refractivity contribution is 5.57. The van der Waals surface area contributed by atoms with Gasteiger partial charge in [-0.05, 0) is 39.3 Å². The number of anilines is 1. The van der Waals surface area contributed by atoms with E-state index in [4.69, 9.17) is 0 Å². The van der Waals surface area contributed by atoms with Gasteiger partial charge in [0.1, 0.15) is 0 Å². The van der Waals surface area contributed by atoms with Gasteiger partial charge in [0.25, 0.3) is 0 Å². The van der Waals surface area contributed by atoms with Crippen LogP contribution in [0.2, 0.25) is 0 Å². The van der Waals surface area contributed by atoms with Crippen LogP contribution in [-0.2, 0) is 0 Å². The number of aromatic amines is 2. The van der Waals surface area contributed by atoms with Gasteiger partial charge in [-0.25, -0.2) is 0 Å². The highest BCUT2D eigenvalue weighted by atomic mass is 15.4. The number of aryl methyl sites for hydroxylation is 1. The molecule has 1 fully saturated rings. The van der Waals surface area contributed by atoms with Crippen LogP contribution < -0.4 is 10.2 Å². The van der Waals surface area contributed by atoms with Crippen molar-refractivity contribution in [3.63, 3.8) is 0 Å². The fourth-order valence-electron chi connectivity index (χ4n) is 2.81. The molecule has 3 N–H and O–H groups in total. The van der Waals surface area contributed by atoms with E-state index in [0.29, 0.717) is 5.92 Å². The minimum absolute atomic E-state index is 0.673. The summed E-state index contributed by atoms with van der Waals surface area (Å²) in [4.78, 5) is 6.88. The monoisotopic (exact) mass is 275 g/mol. The van der Waals surface area contributed by atoms with Crippen LogP contribution in [0, 0.1) is 12.8 Å². The predicted molar refractivity (Wildman–Crippen MR) is 77.6 cm³/mol. The van der Waals surface area contributed by atoms with Crippen LogP contribution in [0.1, 0.15) is 18.5 Å². The SMILES string of the molecule is CNCC1CCCN(c2n[nH]c(-c3cn[nH]c3C)n2)C1. The summed E-state index contributed by atoms with van der Waals surface area (Å²) < 4.78 is 0. The summed E-state index contributed by atoms with van der Waals surface area (Å²) >= 11 is 0. The van der Waals surface area contributed by atoms with Gasteiger partial charge in [0, 0.05) is 18.8 Å². The average molecular weight is 275 g/mol. The average Bonchev–Trinajstić information content (AvgIpc) is 3.08. The van der Waals surface area contributed by atoms with Gasteiger partial charge < -0.3 is 10.2 Å². The Kier molecular flexibility index (Phi) is 3.68. The van der Waals surface area contributed by atoms with Crippen LogP contribution in [0.5, 0.6) is 0 Å². The van der Waals surface area contributed by atoms with Crippen molar-refractivity contribution in [3.8, 4) is 11.4 Å². The largest absolute Gasteiger partial charge is 0.339 e. The minimum atomic E-state index is 0.673. The molecule has 108 valence electrons. The topological polar surface area (TPSA) is 85.5 Å². The van der Waals surface area contributed by atoms with Gasteiger partial charge in [-0.15, -0.1) is 5.10 Å². The fourth-order valence-corrected chi connectivity index (χ4v) is 2.81. The molecule has 1 atom stereocenters. The quantitative estimate of drug-likeness (QED) is 0.773. The summed E-state index contributed by atoms with van der Waals surface area (Å²) in [5, 5.41) is 17.6. The maximum Gasteiger partial charge on any atom is 0.245 e. The number of rotatable bonds is 4. The second-order valence-electron chi connectivity index (χ2n) is 5.40. The van der Waals surface area contributed by atoms with Crippen molar-refractivity contribution in [1.29, 1.82) is 0 Å². The van der Waals surface area contributed by atoms with Gasteiger partial charge in [0.15, 0.2) is 5.82 Å². The van der Waals surface area contributed by atoms with Crippen molar-refractivity contribution in [2.45, 2.75) is 19.8 Å². The number of nitrogens with zero attached hydrogens (tertiary/aromatic N) is 4. The van der Waals surface area contributed by atoms with Crippen molar-refractivity contribution < 1.29 is 0 Å². The smallest absolute Gasteiger partial charge is 0.245 e. The molecule has 3 rings (SSSR count). The van der Waals surface area contributed by atoms with E-state index in [9.17, 15) is 0 Å². The summed E-state index contributed by atoms with van der Waals surface area (Å²) in [5.74, 6) is 2.25. The molecule has 3 heterocycles. The maximum absolute atomic E-state index is 4.61. The van der Waals surface area contributed by atoms with Gasteiger partial charge in [0.05, 0.1) is 11.8 Å². The van der Waals surface area contributed by atoms with Crippen LogP contribution in [0.15, 0.2) is 6.20 Å². The van der Waals surface area contributed by atoms with E-state index in [-0.39, 0.29) is 0 Å². The Morgan fingerprint density at radius 2 is 2.35 bits per heavy atom. The molecule has 0 spiro atoms. The first-order valence-electron chi connectivity index (χ1n) is 7.10. The van der Waals surface area contributed by atoms with Crippen LogP contribution >= 0.6 is 0 Å². The summed E-state index contributed by atoms with van der Waals surface area (Å²) in [6.07, 6.45) is 4.25. The van der Waals surface area contributed by atoms with Crippen LogP contribution in [0.4, 0.5) is 5.95 Å². The van der Waals surface area contributed by atoms with Crippen molar-refractivity contribution in [3.05, 3.63) is 11.9 Å². The summed E-state index contributed by atoms with van der Waals surface area (Å²) in [7, 11) is 2.01. The van der Waals surface area contributed by atoms with Gasteiger partial charge in [-0.3, -0.25) is 10.2 Å². The summed E-state index contributed by atoms with van der Waals surface area (Å²) in [5.41, 5.74) is 1.98. The zero-order chi connectivity index (χ0) is 13.9. The van der Waals surface area contributed by atoms with E-state index in [1.54, 1.807) is 6.20 Å². The normalized spacial score (nSPS) is 19.5. The molecule has 7 nitrogen and oxygen atoms in total. The Bertz CT molecular complexity index is 557. The van der Waals surface area contributed by atoms with Crippen molar-refractivity contribution in [2.75, 3.05) is 31.6 Å². The highest BCUT2D eigenvalue weighted by Crippen LogP contribution is 2.23. The molecule has 0 bridgehead atoms. The fraction of sp³-hybridized carbons (Fsp3) is 0.615. The third kappa shape index (κ3) is 2.53. The van der Waals surface area contributed by atoms with E-state index < -0.39 is 0 Å². The Balaban J connectivity index is 1.75. The summed E-state index contributed by atoms with van der Waals surface area (Å²) in [6, 6.07) is 0. The van der Waals surface area contributed by atoms with Crippen LogP contribution in [0.25, 0.3) is 11.4 Å². The second kappa shape index (κ2) is 5.62. The van der Waals surface area contributed by atoms with Crippen LogP contribution in [-0.4, -0.2) is 52.1 Å². The van der Waals surface area contributed by atoms with Crippen LogP contribution in [0.3, 0.4) is 0 Å². The van der Waals surface area contributed by atoms with Gasteiger partial charge in [-0.2, -0.15) is 10.1 Å². The zero-order valence-corrected chi connectivity index (χ0v) is 12.0. The van der Waals surface area contributed by atoms with Crippen molar-refractivity contribution in [2.24, 2.45) is 5.92 Å². The number of nitrogens with one attached hydrogen (secondary N) is 3. The van der Waals surface area contributed by atoms with Crippen molar-refractivity contribution >= 4 is 5.95 Å². The van der Waals surface area contributed by atoms with Gasteiger partial charge in [-0.1, -0.05) is 0 Å². The molecular formula is C13H21N7. The molecule has 0 radical (unpaired) electrons. The molecule has 7 heteroatoms. The van der Waals surface area contributed by atoms with E-state index in [2.05, 4.69) is 35.6 Å². The van der Waals surface area contributed by atoms with E-state index >= 15 is 0 Å². The lowest BCUT2D eigenvalue weighted by Gasteiger charge is -2.31. The molecule has 0 aliphatic carbocycles. The first-order chi connectivity index (χ1) is 9.78. The number of hydrogen-bond donors (Lipinski definition) is 3. The molecule has 1 saturated heterocycles. The molecule has 0 saturated carbocycles. The number of piperidine rings is 1. The molecule has 20 heavy (non-hydrogen) atoms. The standard InChI is InChI=1S/C13H21N7/c1-9-11(7-15-17-9)12-16-13(19-18-12)20-5-3-4-10(8-20)6-14-2/h7,10,14H,3-6,8H2,1-2H3,(H,15,17)(H,16,18,19). The second-order valence-corrected chi connectivity index (χ2v) is 5.40. The Labute approximate surface area is 118 Å². The minimum Gasteiger partial charge on any atom is -0.339 e. The predicted octanol–water partition coefficient (Wildman–Crippen LogP) is 0.939. The molecule has 1 aliphatic rings. The van der Waals surface area contributed by atoms with Crippen molar-refractivity contribution in [1.82, 2.24) is 30.7 Å². The summed E-state index contributed by atoms with van der Waals surface area (Å²) in [6.45, 7) is 5.08. The molecule has 0 aromatic carbocycles. The molecule has 2 aromatic heterocycles. The molecule has 0 amide bonds. The Morgan fingerprint density at radius 3 is 3.10 bits per heavy atom. The zero-order valence-electron chi connectivity index (χ0n) is 12.0. The molecule has 1 unspecified atom stereocenters. The Morgan fingerprint density at radius 1 is 1.45 bits per heavy atom. The highest BCUT2D eigenvalue weighted by Gasteiger charge is 2.22. The first-order valence-corrected chi connectivity index (χ1v) is 7.10. The lowest BCUT2D eigenvalue weighted by atomic mass is 9.98. The molecule has 1 aliphatic heterocycles. The van der Waals surface area contributed by atoms with E-state index in [0.717, 1.165) is 42.7 Å².